The number of nitrogens with zero attached hydrogens (tertiary/aromatic N) is 5. The molecule has 0 aliphatic carbocycles. The molecule has 2 aromatic heterocycles. The van der Waals surface area contributed by atoms with E-state index in [9.17, 15) is 13.6 Å². The first-order valence-corrected chi connectivity index (χ1v) is 9.51. The molecule has 0 fully saturated rings. The zero-order valence-corrected chi connectivity index (χ0v) is 17.2. The van der Waals surface area contributed by atoms with Crippen molar-refractivity contribution in [3.63, 3.8) is 0 Å². The monoisotopic (exact) mass is 429 g/mol. The van der Waals surface area contributed by atoms with Crippen LogP contribution in [0.5, 0.6) is 5.75 Å². The van der Waals surface area contributed by atoms with Gasteiger partial charge in [-0.05, 0) is 13.0 Å². The number of fused-ring (bicyclic) bond motifs is 1. The Labute approximate surface area is 177 Å². The van der Waals surface area contributed by atoms with Crippen LogP contribution in [0.3, 0.4) is 0 Å². The molecule has 1 aliphatic rings. The fourth-order valence-electron chi connectivity index (χ4n) is 3.42. The van der Waals surface area contributed by atoms with Gasteiger partial charge in [-0.1, -0.05) is 5.21 Å². The van der Waals surface area contributed by atoms with Gasteiger partial charge in [-0.25, -0.2) is 18.4 Å². The maximum Gasteiger partial charge on any atom is 0.243 e. The molecule has 0 atom stereocenters. The molecule has 2 N–H and O–H groups in total. The second-order valence-corrected chi connectivity index (χ2v) is 7.23. The second-order valence-electron chi connectivity index (χ2n) is 7.23. The van der Waals surface area contributed by atoms with E-state index < -0.39 is 11.6 Å². The molecule has 4 rings (SSSR count). The zero-order chi connectivity index (χ0) is 22.1. The van der Waals surface area contributed by atoms with Crippen molar-refractivity contribution < 1.29 is 18.3 Å². The Balaban J connectivity index is 1.46. The molecule has 9 nitrogen and oxygen atoms in total. The van der Waals surface area contributed by atoms with Crippen molar-refractivity contribution in [1.29, 1.82) is 0 Å². The van der Waals surface area contributed by atoms with E-state index in [1.165, 1.54) is 11.8 Å². The van der Waals surface area contributed by atoms with Crippen LogP contribution >= 0.6 is 0 Å². The average Bonchev–Trinajstić information content (AvgIpc) is 3.17. The minimum Gasteiger partial charge on any atom is -0.496 e. The highest BCUT2D eigenvalue weighted by atomic mass is 19.2. The minimum atomic E-state index is -0.970. The number of anilines is 3. The zero-order valence-electron chi connectivity index (χ0n) is 17.2. The molecule has 11 heteroatoms. The van der Waals surface area contributed by atoms with Gasteiger partial charge in [-0.15, -0.1) is 5.10 Å². The normalized spacial score (nSPS) is 13.1. The van der Waals surface area contributed by atoms with Gasteiger partial charge in [-0.3, -0.25) is 4.79 Å². The van der Waals surface area contributed by atoms with Crippen LogP contribution in [0.1, 0.15) is 17.0 Å². The first kappa shape index (κ1) is 20.5. The Hall–Kier alpha value is -3.76. The second kappa shape index (κ2) is 8.17. The van der Waals surface area contributed by atoms with Crippen LogP contribution in [0.25, 0.3) is 0 Å². The quantitative estimate of drug-likeness (QED) is 0.621. The number of amides is 1. The Morgan fingerprint density at radius 3 is 2.81 bits per heavy atom. The summed E-state index contributed by atoms with van der Waals surface area (Å²) in [5, 5.41) is 14.2. The predicted molar refractivity (Wildman–Crippen MR) is 110 cm³/mol. The van der Waals surface area contributed by atoms with E-state index in [4.69, 9.17) is 4.74 Å². The summed E-state index contributed by atoms with van der Waals surface area (Å²) in [5.74, 6) is -1.13. The number of halogens is 2. The molecule has 3 heterocycles. The lowest BCUT2D eigenvalue weighted by Gasteiger charge is -2.28. The highest BCUT2D eigenvalue weighted by Gasteiger charge is 2.22. The standard InChI is InChI=1S/C20H21F2N7O2/c1-11-20-16(28(2)10-19(30)25-20)6-18(24-11)23-7-13-9-29(27-26-13)8-12-4-14(21)15(22)5-17(12)31-3/h4-6,9H,7-8,10H2,1-3H3,(H,23,24)(H,25,30). The molecule has 0 saturated carbocycles. The van der Waals surface area contributed by atoms with Crippen LogP contribution < -0.4 is 20.3 Å². The molecular formula is C20H21F2N7O2. The van der Waals surface area contributed by atoms with Crippen molar-refractivity contribution in [3.05, 3.63) is 53.0 Å². The van der Waals surface area contributed by atoms with Gasteiger partial charge < -0.3 is 20.3 Å². The Morgan fingerprint density at radius 1 is 1.26 bits per heavy atom. The molecule has 0 radical (unpaired) electrons. The number of rotatable bonds is 6. The van der Waals surface area contributed by atoms with Crippen LogP contribution in [-0.4, -0.2) is 46.6 Å². The molecule has 1 aliphatic heterocycles. The van der Waals surface area contributed by atoms with Crippen LogP contribution in [-0.2, 0) is 17.9 Å². The van der Waals surface area contributed by atoms with Crippen molar-refractivity contribution >= 4 is 23.1 Å². The van der Waals surface area contributed by atoms with Crippen molar-refractivity contribution in [2.75, 3.05) is 36.2 Å². The summed E-state index contributed by atoms with van der Waals surface area (Å²) >= 11 is 0. The first-order chi connectivity index (χ1) is 14.8. The number of hydrogen-bond acceptors (Lipinski definition) is 7. The van der Waals surface area contributed by atoms with Gasteiger partial charge in [0.1, 0.15) is 17.3 Å². The summed E-state index contributed by atoms with van der Waals surface area (Å²) in [5.41, 5.74) is 3.37. The lowest BCUT2D eigenvalue weighted by Crippen LogP contribution is -2.36. The number of nitrogens with one attached hydrogen (secondary N) is 2. The highest BCUT2D eigenvalue weighted by Crippen LogP contribution is 2.33. The molecule has 0 spiro atoms. The number of likely N-dealkylation sites (N-methyl/N-ethyl adjacent to an activating group) is 1. The van der Waals surface area contributed by atoms with E-state index in [2.05, 4.69) is 25.9 Å². The highest BCUT2D eigenvalue weighted by molar-refractivity contribution is 6.02. The number of hydrogen-bond donors (Lipinski definition) is 2. The summed E-state index contributed by atoms with van der Waals surface area (Å²) < 4.78 is 33.6. The molecule has 1 aromatic carbocycles. The number of carbonyl (C=O) groups excluding carboxylic acids is 1. The minimum absolute atomic E-state index is 0.0742. The number of ether oxygens (including phenoxy) is 1. The summed E-state index contributed by atoms with van der Waals surface area (Å²) in [7, 11) is 3.24. The van der Waals surface area contributed by atoms with Crippen LogP contribution in [0.4, 0.5) is 26.0 Å². The molecule has 0 unspecified atom stereocenters. The largest absolute Gasteiger partial charge is 0.496 e. The van der Waals surface area contributed by atoms with Crippen LogP contribution in [0, 0.1) is 18.6 Å². The van der Waals surface area contributed by atoms with E-state index in [-0.39, 0.29) is 24.7 Å². The SMILES string of the molecule is COc1cc(F)c(F)cc1Cn1cc(CNc2cc3c(c(C)n2)NC(=O)CN3C)nn1. The van der Waals surface area contributed by atoms with E-state index in [0.29, 0.717) is 35.0 Å². The Kier molecular flexibility index (Phi) is 5.40. The fraction of sp³-hybridized carbons (Fsp3) is 0.300. The number of aryl methyl sites for hydroxylation is 1. The molecule has 0 bridgehead atoms. The maximum absolute atomic E-state index is 13.6. The van der Waals surface area contributed by atoms with Gasteiger partial charge in [0.25, 0.3) is 0 Å². The Bertz CT molecular complexity index is 1150. The molecule has 1 amide bonds. The molecule has 0 saturated heterocycles. The summed E-state index contributed by atoms with van der Waals surface area (Å²) in [6.45, 7) is 2.64. The van der Waals surface area contributed by atoms with Gasteiger partial charge in [0.15, 0.2) is 11.6 Å². The summed E-state index contributed by atoms with van der Waals surface area (Å²) in [6, 6.07) is 3.95. The van der Waals surface area contributed by atoms with Crippen molar-refractivity contribution in [1.82, 2.24) is 20.0 Å². The fourth-order valence-corrected chi connectivity index (χ4v) is 3.42. The van der Waals surface area contributed by atoms with E-state index >= 15 is 0 Å². The third kappa shape index (κ3) is 4.25. The first-order valence-electron chi connectivity index (χ1n) is 9.51. The van der Waals surface area contributed by atoms with E-state index in [1.54, 1.807) is 6.20 Å². The molecule has 162 valence electrons. The Morgan fingerprint density at radius 2 is 2.03 bits per heavy atom. The average molecular weight is 429 g/mol. The lowest BCUT2D eigenvalue weighted by molar-refractivity contribution is -0.115. The topological polar surface area (TPSA) is 97.2 Å². The van der Waals surface area contributed by atoms with Gasteiger partial charge in [0.05, 0.1) is 50.0 Å². The smallest absolute Gasteiger partial charge is 0.243 e. The number of aromatic nitrogens is 4. The maximum atomic E-state index is 13.6. The summed E-state index contributed by atoms with van der Waals surface area (Å²) in [4.78, 5) is 18.1. The van der Waals surface area contributed by atoms with Crippen molar-refractivity contribution in [2.24, 2.45) is 0 Å². The molecule has 31 heavy (non-hydrogen) atoms. The van der Waals surface area contributed by atoms with Gasteiger partial charge in [0, 0.05) is 24.7 Å². The number of carbonyl (C=O) groups is 1. The van der Waals surface area contributed by atoms with Gasteiger partial charge in [0.2, 0.25) is 5.91 Å². The number of benzene rings is 1. The molecule has 3 aromatic rings. The van der Waals surface area contributed by atoms with Gasteiger partial charge >= 0.3 is 0 Å². The van der Waals surface area contributed by atoms with Crippen molar-refractivity contribution in [3.8, 4) is 5.75 Å². The third-order valence-electron chi connectivity index (χ3n) is 4.93. The van der Waals surface area contributed by atoms with E-state index in [1.807, 2.05) is 24.9 Å². The number of methoxy groups -OCH3 is 1. The van der Waals surface area contributed by atoms with E-state index in [0.717, 1.165) is 17.8 Å². The lowest BCUT2D eigenvalue weighted by atomic mass is 10.2. The molecular weight excluding hydrogens is 408 g/mol. The predicted octanol–water partition coefficient (Wildman–Crippen LogP) is 2.32. The third-order valence-corrected chi connectivity index (χ3v) is 4.93. The van der Waals surface area contributed by atoms with Crippen LogP contribution in [0.15, 0.2) is 24.4 Å². The summed E-state index contributed by atoms with van der Waals surface area (Å²) in [6.07, 6.45) is 1.70. The number of pyridine rings is 1. The van der Waals surface area contributed by atoms with Crippen LogP contribution in [0.2, 0.25) is 0 Å². The van der Waals surface area contributed by atoms with Crippen molar-refractivity contribution in [2.45, 2.75) is 20.0 Å². The van der Waals surface area contributed by atoms with Gasteiger partial charge in [-0.2, -0.15) is 0 Å².